The smallest absolute Gasteiger partial charge is 0.0628 e. The van der Waals surface area contributed by atoms with Gasteiger partial charge in [-0.25, -0.2) is 0 Å². The summed E-state index contributed by atoms with van der Waals surface area (Å²) in [6, 6.07) is 0. The summed E-state index contributed by atoms with van der Waals surface area (Å²) in [5, 5.41) is 8.02. The van der Waals surface area contributed by atoms with Crippen molar-refractivity contribution in [2.75, 3.05) is 13.1 Å². The number of rotatable bonds is 6. The molecule has 16 heavy (non-hydrogen) atoms. The van der Waals surface area contributed by atoms with Gasteiger partial charge in [0.15, 0.2) is 0 Å². The third-order valence-corrected chi connectivity index (χ3v) is 2.94. The molecular weight excluding hydrogens is 198 g/mol. The molecule has 0 bridgehead atoms. The van der Waals surface area contributed by atoms with Crippen LogP contribution in [0.5, 0.6) is 0 Å². The molecule has 0 radical (unpaired) electrons. The molecule has 1 aromatic rings. The summed E-state index contributed by atoms with van der Waals surface area (Å²) in [5.74, 6) is 0.714. The lowest BCUT2D eigenvalue weighted by molar-refractivity contribution is 0.500. The molecule has 3 heteroatoms. The van der Waals surface area contributed by atoms with Crippen molar-refractivity contribution in [2.24, 2.45) is 5.92 Å². The fraction of sp³-hybridized carbons (Fsp3) is 0.769. The van der Waals surface area contributed by atoms with Crippen LogP contribution in [-0.4, -0.2) is 22.9 Å². The highest BCUT2D eigenvalue weighted by Crippen LogP contribution is 2.12. The Labute approximate surface area is 99.2 Å². The van der Waals surface area contributed by atoms with Crippen LogP contribution < -0.4 is 5.32 Å². The Bertz CT molecular complexity index is 326. The van der Waals surface area contributed by atoms with Gasteiger partial charge < -0.3 is 5.32 Å². The number of nitrogens with zero attached hydrogens (tertiary/aromatic N) is 2. The molecule has 0 atom stereocenters. The Morgan fingerprint density at radius 1 is 1.31 bits per heavy atom. The molecule has 0 aromatic carbocycles. The zero-order valence-electron chi connectivity index (χ0n) is 11.3. The van der Waals surface area contributed by atoms with Crippen LogP contribution >= 0.6 is 0 Å². The van der Waals surface area contributed by atoms with Gasteiger partial charge in [0.2, 0.25) is 0 Å². The van der Waals surface area contributed by atoms with Gasteiger partial charge in [-0.05, 0) is 38.3 Å². The Balaban J connectivity index is 2.48. The van der Waals surface area contributed by atoms with E-state index in [1.807, 2.05) is 0 Å². The van der Waals surface area contributed by atoms with Crippen LogP contribution in [0.15, 0.2) is 0 Å². The topological polar surface area (TPSA) is 29.9 Å². The Morgan fingerprint density at radius 3 is 2.50 bits per heavy atom. The molecule has 1 aromatic heterocycles. The minimum absolute atomic E-state index is 0.714. The van der Waals surface area contributed by atoms with Crippen LogP contribution in [0.1, 0.15) is 37.7 Å². The van der Waals surface area contributed by atoms with Crippen LogP contribution in [0.4, 0.5) is 0 Å². The van der Waals surface area contributed by atoms with E-state index in [-0.39, 0.29) is 0 Å². The molecule has 0 saturated carbocycles. The molecule has 0 fully saturated rings. The molecule has 0 amide bonds. The minimum atomic E-state index is 0.714. The van der Waals surface area contributed by atoms with Gasteiger partial charge in [0.25, 0.3) is 0 Å². The number of hydrogen-bond donors (Lipinski definition) is 1. The third kappa shape index (κ3) is 3.34. The summed E-state index contributed by atoms with van der Waals surface area (Å²) >= 11 is 0. The molecule has 1 N–H and O–H groups in total. The van der Waals surface area contributed by atoms with Crippen LogP contribution in [0.3, 0.4) is 0 Å². The first-order valence-corrected chi connectivity index (χ1v) is 6.29. The average molecular weight is 223 g/mol. The summed E-state index contributed by atoms with van der Waals surface area (Å²) in [5.41, 5.74) is 3.92. The predicted molar refractivity (Wildman–Crippen MR) is 68.8 cm³/mol. The maximum absolute atomic E-state index is 4.57. The van der Waals surface area contributed by atoms with E-state index >= 15 is 0 Å². The molecule has 0 saturated heterocycles. The van der Waals surface area contributed by atoms with E-state index in [0.717, 1.165) is 26.1 Å². The van der Waals surface area contributed by atoms with Crippen molar-refractivity contribution in [3.8, 4) is 0 Å². The van der Waals surface area contributed by atoms with Crippen LogP contribution in [0, 0.1) is 19.8 Å². The molecule has 1 heterocycles. The van der Waals surface area contributed by atoms with E-state index in [1.165, 1.54) is 17.0 Å². The van der Waals surface area contributed by atoms with Crippen molar-refractivity contribution >= 4 is 0 Å². The van der Waals surface area contributed by atoms with E-state index < -0.39 is 0 Å². The SMILES string of the molecule is CCc1c(C)nn(CCNCC(C)C)c1C. The molecule has 3 nitrogen and oxygen atoms in total. The number of aromatic nitrogens is 2. The summed E-state index contributed by atoms with van der Waals surface area (Å²) in [6.45, 7) is 14.0. The fourth-order valence-corrected chi connectivity index (χ4v) is 2.04. The summed E-state index contributed by atoms with van der Waals surface area (Å²) < 4.78 is 2.13. The second-order valence-corrected chi connectivity index (χ2v) is 4.82. The second kappa shape index (κ2) is 6.04. The Morgan fingerprint density at radius 2 is 2.00 bits per heavy atom. The zero-order valence-corrected chi connectivity index (χ0v) is 11.3. The van der Waals surface area contributed by atoms with Crippen LogP contribution in [0.25, 0.3) is 0 Å². The summed E-state index contributed by atoms with van der Waals surface area (Å²) in [6.07, 6.45) is 1.08. The normalized spacial score (nSPS) is 11.4. The lowest BCUT2D eigenvalue weighted by Crippen LogP contribution is -2.24. The molecular formula is C13H25N3. The molecule has 0 spiro atoms. The maximum Gasteiger partial charge on any atom is 0.0628 e. The highest BCUT2D eigenvalue weighted by atomic mass is 15.3. The summed E-state index contributed by atoms with van der Waals surface area (Å²) in [7, 11) is 0. The zero-order chi connectivity index (χ0) is 12.1. The van der Waals surface area contributed by atoms with Crippen molar-refractivity contribution in [1.82, 2.24) is 15.1 Å². The van der Waals surface area contributed by atoms with Gasteiger partial charge in [-0.2, -0.15) is 5.10 Å². The standard InChI is InChI=1S/C13H25N3/c1-6-13-11(4)15-16(12(13)5)8-7-14-9-10(2)3/h10,14H,6-9H2,1-5H3. The first-order valence-electron chi connectivity index (χ1n) is 6.29. The minimum Gasteiger partial charge on any atom is -0.315 e. The van der Waals surface area contributed by atoms with Gasteiger partial charge >= 0.3 is 0 Å². The van der Waals surface area contributed by atoms with E-state index in [4.69, 9.17) is 0 Å². The lowest BCUT2D eigenvalue weighted by Gasteiger charge is -2.08. The van der Waals surface area contributed by atoms with Gasteiger partial charge in [0.05, 0.1) is 12.2 Å². The molecule has 0 aliphatic rings. The highest BCUT2D eigenvalue weighted by molar-refractivity contribution is 5.24. The number of aryl methyl sites for hydroxylation is 1. The van der Waals surface area contributed by atoms with Crippen molar-refractivity contribution in [1.29, 1.82) is 0 Å². The van der Waals surface area contributed by atoms with Crippen LogP contribution in [-0.2, 0) is 13.0 Å². The van der Waals surface area contributed by atoms with Gasteiger partial charge in [0.1, 0.15) is 0 Å². The molecule has 0 unspecified atom stereocenters. The molecule has 1 rings (SSSR count). The van der Waals surface area contributed by atoms with E-state index in [0.29, 0.717) is 5.92 Å². The molecule has 0 aliphatic carbocycles. The monoisotopic (exact) mass is 223 g/mol. The maximum atomic E-state index is 4.57. The number of hydrogen-bond acceptors (Lipinski definition) is 2. The third-order valence-electron chi connectivity index (χ3n) is 2.94. The summed E-state index contributed by atoms with van der Waals surface area (Å²) in [4.78, 5) is 0. The Hall–Kier alpha value is -0.830. The molecule has 92 valence electrons. The van der Waals surface area contributed by atoms with Crippen molar-refractivity contribution in [3.05, 3.63) is 17.0 Å². The quantitative estimate of drug-likeness (QED) is 0.750. The largest absolute Gasteiger partial charge is 0.315 e. The first kappa shape index (κ1) is 13.2. The predicted octanol–water partition coefficient (Wildman–Crippen LogP) is 2.31. The van der Waals surface area contributed by atoms with Gasteiger partial charge in [-0.3, -0.25) is 4.68 Å². The van der Waals surface area contributed by atoms with Gasteiger partial charge in [-0.15, -0.1) is 0 Å². The van der Waals surface area contributed by atoms with Crippen LogP contribution in [0.2, 0.25) is 0 Å². The van der Waals surface area contributed by atoms with Gasteiger partial charge in [-0.1, -0.05) is 20.8 Å². The second-order valence-electron chi connectivity index (χ2n) is 4.82. The first-order chi connectivity index (χ1) is 7.56. The van der Waals surface area contributed by atoms with Crippen molar-refractivity contribution in [3.63, 3.8) is 0 Å². The van der Waals surface area contributed by atoms with E-state index in [2.05, 4.69) is 49.7 Å². The van der Waals surface area contributed by atoms with Crippen molar-refractivity contribution in [2.45, 2.75) is 47.6 Å². The van der Waals surface area contributed by atoms with Crippen molar-refractivity contribution < 1.29 is 0 Å². The van der Waals surface area contributed by atoms with E-state index in [1.54, 1.807) is 0 Å². The van der Waals surface area contributed by atoms with Gasteiger partial charge in [0, 0.05) is 12.2 Å². The average Bonchev–Trinajstić information content (AvgIpc) is 2.48. The molecule has 0 aliphatic heterocycles. The van der Waals surface area contributed by atoms with E-state index in [9.17, 15) is 0 Å². The fourth-order valence-electron chi connectivity index (χ4n) is 2.04. The number of nitrogens with one attached hydrogen (secondary N) is 1. The highest BCUT2D eigenvalue weighted by Gasteiger charge is 2.08. The Kier molecular flexibility index (Phi) is 5.00. The lowest BCUT2D eigenvalue weighted by atomic mass is 10.1.